The number of aryl methyl sites for hydroxylation is 3. The summed E-state index contributed by atoms with van der Waals surface area (Å²) in [6.07, 6.45) is 9.35. The first kappa shape index (κ1) is 24.8. The fourth-order valence-electron chi connectivity index (χ4n) is 5.57. The van der Waals surface area contributed by atoms with E-state index >= 15 is 0 Å². The largest absolute Gasteiger partial charge is 0.351 e. The summed E-state index contributed by atoms with van der Waals surface area (Å²) in [7, 11) is 3.81. The topological polar surface area (TPSA) is 72.2 Å². The van der Waals surface area contributed by atoms with Gasteiger partial charge in [0.2, 0.25) is 11.8 Å². The lowest BCUT2D eigenvalue weighted by molar-refractivity contribution is -0.127. The van der Waals surface area contributed by atoms with Gasteiger partial charge in [0.05, 0.1) is 6.42 Å². The Kier molecular flexibility index (Phi) is 7.12. The van der Waals surface area contributed by atoms with Crippen LogP contribution in [0.1, 0.15) is 54.8 Å². The minimum Gasteiger partial charge on any atom is -0.351 e. The van der Waals surface area contributed by atoms with Crippen molar-refractivity contribution in [3.05, 3.63) is 83.7 Å². The maximum atomic E-state index is 14.2. The average molecular weight is 498 g/mol. The normalized spacial score (nSPS) is 15.0. The lowest BCUT2D eigenvalue weighted by atomic mass is 9.93. The molecule has 4 aromatic rings. The molecule has 1 atom stereocenters. The van der Waals surface area contributed by atoms with Gasteiger partial charge >= 0.3 is 0 Å². The van der Waals surface area contributed by atoms with Gasteiger partial charge in [-0.05, 0) is 42.5 Å². The van der Waals surface area contributed by atoms with E-state index in [-0.39, 0.29) is 24.3 Å². The lowest BCUT2D eigenvalue weighted by Crippen LogP contribution is -2.48. The van der Waals surface area contributed by atoms with Crippen LogP contribution >= 0.6 is 0 Å². The molecule has 1 aliphatic carbocycles. The summed E-state index contributed by atoms with van der Waals surface area (Å²) >= 11 is 0. The second-order valence-corrected chi connectivity index (χ2v) is 10.2. The molecule has 0 radical (unpaired) electrons. The van der Waals surface area contributed by atoms with Crippen LogP contribution in [0.15, 0.2) is 67.0 Å². The van der Waals surface area contributed by atoms with Crippen LogP contribution < -0.4 is 10.2 Å². The monoisotopic (exact) mass is 497 g/mol. The quantitative estimate of drug-likeness (QED) is 0.391. The third kappa shape index (κ3) is 5.17. The van der Waals surface area contributed by atoms with Gasteiger partial charge in [-0.2, -0.15) is 5.10 Å². The molecule has 37 heavy (non-hydrogen) atoms. The molecular formula is C30H35N5O2. The molecule has 192 valence electrons. The fraction of sp³-hybridized carbons (Fsp3) is 0.367. The number of para-hydroxylation sites is 1. The van der Waals surface area contributed by atoms with Crippen LogP contribution in [-0.2, 0) is 30.1 Å². The summed E-state index contributed by atoms with van der Waals surface area (Å²) in [6.45, 7) is 1.99. The molecule has 1 aliphatic rings. The maximum absolute atomic E-state index is 14.2. The number of carbonyl (C=O) groups is 2. The van der Waals surface area contributed by atoms with Gasteiger partial charge in [-0.25, -0.2) is 0 Å². The summed E-state index contributed by atoms with van der Waals surface area (Å²) in [4.78, 5) is 29.8. The molecular weight excluding hydrogens is 462 g/mol. The molecule has 0 saturated heterocycles. The molecule has 1 unspecified atom stereocenters. The second kappa shape index (κ2) is 10.6. The predicted octanol–water partition coefficient (Wildman–Crippen LogP) is 4.99. The highest BCUT2D eigenvalue weighted by molar-refractivity contribution is 6.03. The molecule has 0 bridgehead atoms. The number of benzene rings is 2. The highest BCUT2D eigenvalue weighted by Crippen LogP contribution is 2.31. The average Bonchev–Trinajstić information content (AvgIpc) is 3.46. The van der Waals surface area contributed by atoms with E-state index in [1.807, 2.05) is 86.5 Å². The minimum absolute atomic E-state index is 0.131. The fourth-order valence-corrected chi connectivity index (χ4v) is 5.57. The van der Waals surface area contributed by atoms with Crippen molar-refractivity contribution in [2.45, 2.75) is 57.5 Å². The van der Waals surface area contributed by atoms with E-state index in [0.29, 0.717) is 5.82 Å². The van der Waals surface area contributed by atoms with E-state index in [0.717, 1.165) is 53.3 Å². The first-order valence-corrected chi connectivity index (χ1v) is 13.1. The van der Waals surface area contributed by atoms with E-state index in [9.17, 15) is 9.59 Å². The van der Waals surface area contributed by atoms with Gasteiger partial charge in [-0.3, -0.25) is 19.2 Å². The number of anilines is 1. The number of hydrogen-bond acceptors (Lipinski definition) is 3. The van der Waals surface area contributed by atoms with Gasteiger partial charge in [-0.1, -0.05) is 61.7 Å². The van der Waals surface area contributed by atoms with Crippen LogP contribution in [0.25, 0.3) is 10.9 Å². The van der Waals surface area contributed by atoms with Crippen molar-refractivity contribution in [1.29, 1.82) is 0 Å². The van der Waals surface area contributed by atoms with Crippen molar-refractivity contribution in [2.24, 2.45) is 14.1 Å². The molecule has 0 spiro atoms. The Morgan fingerprint density at radius 1 is 1.03 bits per heavy atom. The van der Waals surface area contributed by atoms with E-state index in [1.54, 1.807) is 15.6 Å². The van der Waals surface area contributed by atoms with Crippen molar-refractivity contribution < 1.29 is 9.59 Å². The molecule has 2 aromatic carbocycles. The molecule has 2 heterocycles. The van der Waals surface area contributed by atoms with Gasteiger partial charge < -0.3 is 9.88 Å². The zero-order valence-corrected chi connectivity index (χ0v) is 21.9. The second-order valence-electron chi connectivity index (χ2n) is 10.2. The van der Waals surface area contributed by atoms with Crippen molar-refractivity contribution >= 4 is 28.5 Å². The number of aromatic nitrogens is 3. The Hall–Kier alpha value is -3.87. The Bertz CT molecular complexity index is 1410. The van der Waals surface area contributed by atoms with E-state index in [2.05, 4.69) is 10.4 Å². The lowest BCUT2D eigenvalue weighted by Gasteiger charge is -2.33. The van der Waals surface area contributed by atoms with Gasteiger partial charge in [0.15, 0.2) is 5.82 Å². The zero-order chi connectivity index (χ0) is 25.9. The zero-order valence-electron chi connectivity index (χ0n) is 21.9. The number of nitrogens with one attached hydrogen (secondary N) is 1. The highest BCUT2D eigenvalue weighted by atomic mass is 16.2. The van der Waals surface area contributed by atoms with Crippen LogP contribution in [0.5, 0.6) is 0 Å². The Labute approximate surface area is 218 Å². The van der Waals surface area contributed by atoms with E-state index < -0.39 is 6.04 Å². The van der Waals surface area contributed by atoms with E-state index in [1.165, 1.54) is 6.42 Å². The molecule has 7 nitrogen and oxygen atoms in total. The molecule has 0 aliphatic heterocycles. The molecule has 2 amide bonds. The van der Waals surface area contributed by atoms with Crippen molar-refractivity contribution in [1.82, 2.24) is 19.7 Å². The van der Waals surface area contributed by atoms with Crippen LogP contribution in [0.3, 0.4) is 0 Å². The van der Waals surface area contributed by atoms with Gasteiger partial charge in [0, 0.05) is 49.5 Å². The first-order valence-electron chi connectivity index (χ1n) is 13.1. The van der Waals surface area contributed by atoms with Crippen molar-refractivity contribution in [3.8, 4) is 0 Å². The van der Waals surface area contributed by atoms with Gasteiger partial charge in [-0.15, -0.1) is 0 Å². The summed E-state index contributed by atoms with van der Waals surface area (Å²) < 4.78 is 3.71. The van der Waals surface area contributed by atoms with Crippen LogP contribution in [0.2, 0.25) is 0 Å². The molecule has 1 fully saturated rings. The van der Waals surface area contributed by atoms with Crippen LogP contribution in [0, 0.1) is 6.92 Å². The first-order chi connectivity index (χ1) is 17.9. The predicted molar refractivity (Wildman–Crippen MR) is 146 cm³/mol. The molecule has 7 heteroatoms. The smallest absolute Gasteiger partial charge is 0.248 e. The standard InChI is InChI=1S/C30H35N5O2/c1-21-11-7-8-14-24(21)29(30(37)31-23-12-5-4-6-13-23)35(27-17-18-34(3)32-27)28(36)19-22-20-33(2)26-16-10-9-15-25(22)26/h7-11,14-18,20,23,29H,4-6,12-13,19H2,1-3H3,(H,31,37). The summed E-state index contributed by atoms with van der Waals surface area (Å²) in [5.74, 6) is 0.153. The van der Waals surface area contributed by atoms with Crippen LogP contribution in [-0.4, -0.2) is 32.2 Å². The number of rotatable bonds is 7. The minimum atomic E-state index is -0.819. The van der Waals surface area contributed by atoms with Gasteiger partial charge in [0.1, 0.15) is 6.04 Å². The highest BCUT2D eigenvalue weighted by Gasteiger charge is 2.36. The molecule has 5 rings (SSSR count). The summed E-state index contributed by atoms with van der Waals surface area (Å²) in [6, 6.07) is 17.0. The number of fused-ring (bicyclic) bond motifs is 1. The molecule has 1 saturated carbocycles. The number of nitrogens with zero attached hydrogens (tertiary/aromatic N) is 4. The number of amides is 2. The van der Waals surface area contributed by atoms with Gasteiger partial charge in [0.25, 0.3) is 0 Å². The van der Waals surface area contributed by atoms with E-state index in [4.69, 9.17) is 0 Å². The van der Waals surface area contributed by atoms with Crippen molar-refractivity contribution in [3.63, 3.8) is 0 Å². The van der Waals surface area contributed by atoms with Crippen LogP contribution in [0.4, 0.5) is 5.82 Å². The third-order valence-corrected chi connectivity index (χ3v) is 7.48. The number of hydrogen-bond donors (Lipinski definition) is 1. The van der Waals surface area contributed by atoms with Crippen molar-refractivity contribution in [2.75, 3.05) is 4.90 Å². The summed E-state index contributed by atoms with van der Waals surface area (Å²) in [5, 5.41) is 8.91. The number of carbonyl (C=O) groups excluding carboxylic acids is 2. The maximum Gasteiger partial charge on any atom is 0.248 e. The summed E-state index contributed by atoms with van der Waals surface area (Å²) in [5.41, 5.74) is 3.78. The Balaban J connectivity index is 1.56. The third-order valence-electron chi connectivity index (χ3n) is 7.48. The Morgan fingerprint density at radius 2 is 1.76 bits per heavy atom. The Morgan fingerprint density at radius 3 is 2.49 bits per heavy atom. The SMILES string of the molecule is Cc1ccccc1C(C(=O)NC1CCCCC1)N(C(=O)Cc1cn(C)c2ccccc12)c1ccn(C)n1. The molecule has 1 N–H and O–H groups in total. The molecule has 2 aromatic heterocycles.